The number of hydrogen-bond acceptors (Lipinski definition) is 7. The summed E-state index contributed by atoms with van der Waals surface area (Å²) in [6.45, 7) is 2.89. The molecule has 2 atom stereocenters. The van der Waals surface area contributed by atoms with E-state index < -0.39 is 29.9 Å². The number of hydrogen-bond donors (Lipinski definition) is 4. The van der Waals surface area contributed by atoms with Crippen molar-refractivity contribution in [3.05, 3.63) is 155 Å². The van der Waals surface area contributed by atoms with Crippen LogP contribution in [0.2, 0.25) is 0 Å². The Hall–Kier alpha value is -6.33. The summed E-state index contributed by atoms with van der Waals surface area (Å²) in [6.07, 6.45) is 0.178. The smallest absolute Gasteiger partial charge is 0.412 e. The van der Waals surface area contributed by atoms with E-state index in [0.717, 1.165) is 27.8 Å². The van der Waals surface area contributed by atoms with Crippen molar-refractivity contribution < 1.29 is 44.2 Å². The zero-order valence-corrected chi connectivity index (χ0v) is 29.9. The first-order valence-corrected chi connectivity index (χ1v) is 17.1. The molecule has 0 spiro atoms. The van der Waals surface area contributed by atoms with Crippen molar-refractivity contribution in [2.24, 2.45) is 11.7 Å². The average Bonchev–Trinajstić information content (AvgIpc) is 3.17. The van der Waals surface area contributed by atoms with Gasteiger partial charge in [-0.05, 0) is 58.5 Å². The van der Waals surface area contributed by atoms with Gasteiger partial charge in [0.25, 0.3) is 5.91 Å². The van der Waals surface area contributed by atoms with Gasteiger partial charge in [-0.1, -0.05) is 110 Å². The molecule has 11 heteroatoms. The fourth-order valence-electron chi connectivity index (χ4n) is 4.97. The number of ether oxygens (including phenoxy) is 4. The summed E-state index contributed by atoms with van der Waals surface area (Å²) in [6, 6.07) is 39.7. The van der Waals surface area contributed by atoms with Crippen LogP contribution >= 0.6 is 0 Å². The summed E-state index contributed by atoms with van der Waals surface area (Å²) in [5.74, 6) is 0.203. The second-order valence-electron chi connectivity index (χ2n) is 12.3. The molecule has 0 aliphatic carbocycles. The highest BCUT2D eigenvalue weighted by atomic mass is 16.6. The molecule has 5 rings (SSSR count). The molecule has 0 bridgehead atoms. The first kappa shape index (κ1) is 39.5. The van der Waals surface area contributed by atoms with Crippen molar-refractivity contribution >= 4 is 18.0 Å². The number of nitrogens with two attached hydrogens (primary N) is 1. The van der Waals surface area contributed by atoms with Crippen LogP contribution in [0.3, 0.4) is 0 Å². The summed E-state index contributed by atoms with van der Waals surface area (Å²) >= 11 is 0. The predicted octanol–water partition coefficient (Wildman–Crippen LogP) is 5.73. The molecule has 0 saturated heterocycles. The normalized spacial score (nSPS) is 11.5. The molecule has 5 aromatic carbocycles. The highest BCUT2D eigenvalue weighted by molar-refractivity contribution is 5.78. The van der Waals surface area contributed by atoms with E-state index in [9.17, 15) is 19.5 Å². The van der Waals surface area contributed by atoms with E-state index in [2.05, 4.69) is 11.1 Å². The van der Waals surface area contributed by atoms with Crippen LogP contribution in [0, 0.1) is 5.92 Å². The van der Waals surface area contributed by atoms with Gasteiger partial charge in [0.05, 0.1) is 5.92 Å². The van der Waals surface area contributed by atoms with Crippen molar-refractivity contribution in [2.75, 3.05) is 7.05 Å². The molecule has 0 saturated carbocycles. The van der Waals surface area contributed by atoms with E-state index in [1.165, 1.54) is 7.05 Å². The summed E-state index contributed by atoms with van der Waals surface area (Å²) in [4.78, 5) is 33.9. The number of amides is 2. The number of primary amides is 1. The number of aliphatic carboxylic acids is 1. The Bertz CT molecular complexity index is 1910. The van der Waals surface area contributed by atoms with Crippen LogP contribution in [-0.2, 0) is 42.3 Å². The number of nitrogens with one attached hydrogen (secondary N) is 1. The molecule has 53 heavy (non-hydrogen) atoms. The van der Waals surface area contributed by atoms with Crippen LogP contribution in [0.5, 0.6) is 23.0 Å². The molecule has 7 N–H and O–H groups in total. The third kappa shape index (κ3) is 13.4. The maximum absolute atomic E-state index is 11.6. The van der Waals surface area contributed by atoms with Crippen molar-refractivity contribution in [3.63, 3.8) is 0 Å². The van der Waals surface area contributed by atoms with Crippen LogP contribution in [0.15, 0.2) is 127 Å². The third-order valence-electron chi connectivity index (χ3n) is 7.98. The minimum Gasteiger partial charge on any atom is -0.485 e. The quantitative estimate of drug-likeness (QED) is 0.100. The number of quaternary nitrogens is 1. The van der Waals surface area contributed by atoms with E-state index in [-0.39, 0.29) is 5.75 Å². The van der Waals surface area contributed by atoms with Gasteiger partial charge in [0, 0.05) is 13.5 Å². The molecule has 0 aromatic heterocycles. The predicted molar refractivity (Wildman–Crippen MR) is 200 cm³/mol. The highest BCUT2D eigenvalue weighted by Gasteiger charge is 2.18. The first-order valence-electron chi connectivity index (χ1n) is 17.1. The van der Waals surface area contributed by atoms with Gasteiger partial charge >= 0.3 is 12.1 Å². The molecule has 0 aliphatic rings. The molecule has 0 radical (unpaired) electrons. The molecular weight excluding hydrogens is 674 g/mol. The van der Waals surface area contributed by atoms with Crippen LogP contribution < -0.4 is 35.7 Å². The Kier molecular flexibility index (Phi) is 15.3. The summed E-state index contributed by atoms with van der Waals surface area (Å²) in [5, 5.41) is 11.6. The zero-order chi connectivity index (χ0) is 38.0. The molecule has 0 fully saturated rings. The summed E-state index contributed by atoms with van der Waals surface area (Å²) < 4.78 is 23.0. The lowest BCUT2D eigenvalue weighted by Gasteiger charge is -2.15. The van der Waals surface area contributed by atoms with Crippen molar-refractivity contribution in [1.82, 2.24) is 5.32 Å². The number of carbonyl (C=O) groups is 3. The Morgan fingerprint density at radius 2 is 1.04 bits per heavy atom. The van der Waals surface area contributed by atoms with Crippen molar-refractivity contribution in [1.29, 1.82) is 0 Å². The van der Waals surface area contributed by atoms with Crippen LogP contribution in [0.4, 0.5) is 4.79 Å². The average molecular weight is 721 g/mol. The van der Waals surface area contributed by atoms with Gasteiger partial charge in [-0.3, -0.25) is 9.59 Å². The first-order chi connectivity index (χ1) is 25.6. The maximum Gasteiger partial charge on any atom is 0.412 e. The van der Waals surface area contributed by atoms with E-state index in [1.807, 2.05) is 109 Å². The Morgan fingerprint density at radius 1 is 0.623 bits per heavy atom. The van der Waals surface area contributed by atoms with E-state index in [4.69, 9.17) is 24.7 Å². The fraction of sp³-hybridized carbons (Fsp3) is 0.214. The maximum atomic E-state index is 11.6. The van der Waals surface area contributed by atoms with Crippen LogP contribution in [0.25, 0.3) is 0 Å². The molecule has 0 heterocycles. The van der Waals surface area contributed by atoms with Crippen LogP contribution in [-0.4, -0.2) is 36.2 Å². The Balaban J connectivity index is 0.000000238. The summed E-state index contributed by atoms with van der Waals surface area (Å²) in [7, 11) is 1.47. The van der Waals surface area contributed by atoms with Gasteiger partial charge in [0.1, 0.15) is 19.8 Å². The van der Waals surface area contributed by atoms with Gasteiger partial charge in [0.15, 0.2) is 29.0 Å². The Labute approximate surface area is 309 Å². The number of carboxylic acids is 1. The molecule has 0 unspecified atom stereocenters. The zero-order valence-electron chi connectivity index (χ0n) is 29.9. The number of carboxylic acid groups (broad SMARTS) is 1. The third-order valence-corrected chi connectivity index (χ3v) is 7.98. The minimum atomic E-state index is -0.809. The lowest BCUT2D eigenvalue weighted by molar-refractivity contribution is -0.402. The number of benzene rings is 5. The molecule has 5 aromatic rings. The topological polar surface area (TPSA) is 174 Å². The van der Waals surface area contributed by atoms with Crippen molar-refractivity contribution in [3.8, 4) is 23.0 Å². The molecule has 276 valence electrons. The van der Waals surface area contributed by atoms with Crippen LogP contribution in [0.1, 0.15) is 34.7 Å². The second-order valence-corrected chi connectivity index (χ2v) is 12.3. The van der Waals surface area contributed by atoms with Crippen molar-refractivity contribution in [2.45, 2.75) is 45.6 Å². The lowest BCUT2D eigenvalue weighted by atomic mass is 10.0. The minimum absolute atomic E-state index is 0.268. The van der Waals surface area contributed by atoms with Gasteiger partial charge < -0.3 is 40.8 Å². The number of rotatable bonds is 16. The number of carbonyl (C=O) groups excluding carboxylic acids is 2. The van der Waals surface area contributed by atoms with Gasteiger partial charge in [-0.2, -0.15) is 0 Å². The largest absolute Gasteiger partial charge is 0.485 e. The van der Waals surface area contributed by atoms with E-state index in [0.29, 0.717) is 49.9 Å². The molecule has 2 amide bonds. The monoisotopic (exact) mass is 720 g/mol. The molecule has 0 aliphatic heterocycles. The van der Waals surface area contributed by atoms with E-state index in [1.54, 1.807) is 25.1 Å². The fourth-order valence-corrected chi connectivity index (χ4v) is 4.97. The van der Waals surface area contributed by atoms with Gasteiger partial charge in [0.2, 0.25) is 0 Å². The second kappa shape index (κ2) is 20.5. The standard InChI is InChI=1S/C24H24O4.C18H21N3O4/c1-18(24(25)26)14-21-12-13-22(27-16-19-8-4-2-5-9-19)23(15-21)28-17-20-10-6-3-7-11-20;1-21-18(23)25-16-10-13(9-14(19)17(20)22)7-8-15(16)24-11-12-5-3-2-4-6-12/h2-13,15,18H,14,16-17H2,1H3,(H,25,26);2-8,10,14H,9,11,19H2,1H3,(H2,20,22)(H,21,23)/p+1/t18-;14-/m00/s1. The molecule has 11 nitrogen and oxygen atoms in total. The summed E-state index contributed by atoms with van der Waals surface area (Å²) in [5.41, 5.74) is 13.7. The highest BCUT2D eigenvalue weighted by Crippen LogP contribution is 2.32. The van der Waals surface area contributed by atoms with Gasteiger partial charge in [-0.25, -0.2) is 4.79 Å². The Morgan fingerprint density at radius 3 is 1.47 bits per heavy atom. The van der Waals surface area contributed by atoms with E-state index >= 15 is 0 Å². The SMILES string of the molecule is CNC(=O)Oc1cc(C[C@H]([NH3+])C(N)=O)ccc1OCc1ccccc1.C[C@@H](Cc1ccc(OCc2ccccc2)c(OCc2ccccc2)c1)C(=O)O. The van der Waals surface area contributed by atoms with Gasteiger partial charge in [-0.15, -0.1) is 0 Å². The lowest BCUT2D eigenvalue weighted by Crippen LogP contribution is -2.67. The molecular formula is C42H46N3O8+.